The first-order valence-electron chi connectivity index (χ1n) is 5.99. The van der Waals surface area contributed by atoms with Crippen molar-refractivity contribution in [3.8, 4) is 5.75 Å². The minimum atomic E-state index is -0.295. The summed E-state index contributed by atoms with van der Waals surface area (Å²) in [5.74, 6) is 0.702. The molecule has 106 valence electrons. The van der Waals surface area contributed by atoms with Crippen LogP contribution in [0.15, 0.2) is 30.5 Å². The lowest BCUT2D eigenvalue weighted by Gasteiger charge is -2.09. The maximum atomic E-state index is 11.8. The van der Waals surface area contributed by atoms with Crippen molar-refractivity contribution in [2.24, 2.45) is 0 Å². The van der Waals surface area contributed by atoms with Crippen LogP contribution < -0.4 is 10.1 Å². The van der Waals surface area contributed by atoms with Gasteiger partial charge in [-0.15, -0.1) is 0 Å². The number of hydrogen-bond acceptors (Lipinski definition) is 3. The number of halogens is 2. The fourth-order valence-electron chi connectivity index (χ4n) is 1.60. The lowest BCUT2D eigenvalue weighted by Crippen LogP contribution is -2.22. The topological polar surface area (TPSA) is 56.2 Å². The van der Waals surface area contributed by atoms with Crippen molar-refractivity contribution in [1.82, 2.24) is 9.78 Å². The molecule has 0 fully saturated rings. The highest BCUT2D eigenvalue weighted by Gasteiger charge is 2.09. The van der Waals surface area contributed by atoms with Crippen LogP contribution in [0.5, 0.6) is 5.75 Å². The zero-order valence-electron chi connectivity index (χ0n) is 10.8. The Hall–Kier alpha value is -1.72. The van der Waals surface area contributed by atoms with Crippen LogP contribution in [0.3, 0.4) is 0 Å². The minimum absolute atomic E-state index is 0.158. The van der Waals surface area contributed by atoms with Crippen molar-refractivity contribution >= 4 is 34.9 Å². The molecular weight excluding hydrogens is 301 g/mol. The Morgan fingerprint density at radius 1 is 1.40 bits per heavy atom. The number of carbonyl (C=O) groups excluding carboxylic acids is 1. The number of rotatable bonds is 5. The summed E-state index contributed by atoms with van der Waals surface area (Å²) < 4.78 is 7.01. The zero-order valence-corrected chi connectivity index (χ0v) is 12.3. The fourth-order valence-corrected chi connectivity index (χ4v) is 1.94. The van der Waals surface area contributed by atoms with Gasteiger partial charge in [-0.3, -0.25) is 4.79 Å². The molecule has 2 aromatic rings. The SMILES string of the molecule is CCn1nccc1NC(=O)COc1cc(Cl)ccc1Cl. The molecule has 7 heteroatoms. The maximum Gasteiger partial charge on any atom is 0.263 e. The molecule has 0 spiro atoms. The van der Waals surface area contributed by atoms with Gasteiger partial charge in [0, 0.05) is 23.7 Å². The van der Waals surface area contributed by atoms with Crippen molar-refractivity contribution in [3.63, 3.8) is 0 Å². The molecule has 2 rings (SSSR count). The van der Waals surface area contributed by atoms with E-state index in [0.717, 1.165) is 0 Å². The van der Waals surface area contributed by atoms with Gasteiger partial charge in [-0.2, -0.15) is 5.10 Å². The van der Waals surface area contributed by atoms with E-state index in [4.69, 9.17) is 27.9 Å². The van der Waals surface area contributed by atoms with Crippen molar-refractivity contribution in [3.05, 3.63) is 40.5 Å². The van der Waals surface area contributed by atoms with E-state index >= 15 is 0 Å². The molecule has 20 heavy (non-hydrogen) atoms. The number of anilines is 1. The molecule has 1 N–H and O–H groups in total. The Morgan fingerprint density at radius 3 is 2.95 bits per heavy atom. The number of aryl methyl sites for hydroxylation is 1. The number of benzene rings is 1. The van der Waals surface area contributed by atoms with E-state index in [1.54, 1.807) is 35.1 Å². The predicted octanol–water partition coefficient (Wildman–Crippen LogP) is 3.23. The number of carbonyl (C=O) groups is 1. The Kier molecular flexibility index (Phi) is 4.87. The molecule has 0 saturated heterocycles. The summed E-state index contributed by atoms with van der Waals surface area (Å²) >= 11 is 11.8. The third-order valence-electron chi connectivity index (χ3n) is 2.54. The molecule has 0 atom stereocenters. The Bertz CT molecular complexity index is 613. The third kappa shape index (κ3) is 3.65. The van der Waals surface area contributed by atoms with Gasteiger partial charge in [0.25, 0.3) is 5.91 Å². The van der Waals surface area contributed by atoms with Crippen LogP contribution in [0.1, 0.15) is 6.92 Å². The van der Waals surface area contributed by atoms with Gasteiger partial charge in [0.15, 0.2) is 6.61 Å². The van der Waals surface area contributed by atoms with Gasteiger partial charge in [-0.1, -0.05) is 23.2 Å². The largest absolute Gasteiger partial charge is 0.482 e. The summed E-state index contributed by atoms with van der Waals surface area (Å²) in [6.07, 6.45) is 1.62. The Labute approximate surface area is 126 Å². The molecule has 0 aliphatic heterocycles. The predicted molar refractivity (Wildman–Crippen MR) is 78.5 cm³/mol. The summed E-state index contributed by atoms with van der Waals surface area (Å²) in [7, 11) is 0. The van der Waals surface area contributed by atoms with Gasteiger partial charge in [0.1, 0.15) is 11.6 Å². The second-order valence-electron chi connectivity index (χ2n) is 3.94. The van der Waals surface area contributed by atoms with E-state index in [0.29, 0.717) is 28.2 Å². The monoisotopic (exact) mass is 313 g/mol. The second-order valence-corrected chi connectivity index (χ2v) is 4.79. The smallest absolute Gasteiger partial charge is 0.263 e. The molecule has 0 bridgehead atoms. The molecule has 5 nitrogen and oxygen atoms in total. The standard InChI is InChI=1S/C13H13Cl2N3O2/c1-2-18-12(5-6-16-18)17-13(19)8-20-11-7-9(14)3-4-10(11)15/h3-7H,2,8H2,1H3,(H,17,19). The molecule has 1 aromatic heterocycles. The molecule has 0 saturated carbocycles. The Balaban J connectivity index is 1.94. The summed E-state index contributed by atoms with van der Waals surface area (Å²) in [6.45, 7) is 2.45. The molecule has 1 heterocycles. The second kappa shape index (κ2) is 6.63. The first-order valence-corrected chi connectivity index (χ1v) is 6.75. The van der Waals surface area contributed by atoms with E-state index in [2.05, 4.69) is 10.4 Å². The van der Waals surface area contributed by atoms with Crippen LogP contribution in [-0.2, 0) is 11.3 Å². The first kappa shape index (κ1) is 14.7. The first-order chi connectivity index (χ1) is 9.60. The molecule has 0 unspecified atom stereocenters. The molecule has 1 amide bonds. The lowest BCUT2D eigenvalue weighted by molar-refractivity contribution is -0.118. The van der Waals surface area contributed by atoms with Crippen molar-refractivity contribution in [1.29, 1.82) is 0 Å². The highest BCUT2D eigenvalue weighted by Crippen LogP contribution is 2.27. The summed E-state index contributed by atoms with van der Waals surface area (Å²) in [6, 6.07) is 6.54. The third-order valence-corrected chi connectivity index (χ3v) is 3.08. The van der Waals surface area contributed by atoms with Crippen molar-refractivity contribution < 1.29 is 9.53 Å². The van der Waals surface area contributed by atoms with Crippen LogP contribution in [0.2, 0.25) is 10.0 Å². The molecule has 0 aliphatic carbocycles. The van der Waals surface area contributed by atoms with Crippen LogP contribution in [-0.4, -0.2) is 22.3 Å². The maximum absolute atomic E-state index is 11.8. The van der Waals surface area contributed by atoms with Crippen LogP contribution in [0.25, 0.3) is 0 Å². The molecular formula is C13H13Cl2N3O2. The van der Waals surface area contributed by atoms with Crippen molar-refractivity contribution in [2.45, 2.75) is 13.5 Å². The van der Waals surface area contributed by atoms with Crippen LogP contribution in [0, 0.1) is 0 Å². The van der Waals surface area contributed by atoms with Crippen LogP contribution >= 0.6 is 23.2 Å². The number of hydrogen-bond donors (Lipinski definition) is 1. The average Bonchev–Trinajstić information content (AvgIpc) is 2.87. The lowest BCUT2D eigenvalue weighted by atomic mass is 10.3. The fraction of sp³-hybridized carbons (Fsp3) is 0.231. The highest BCUT2D eigenvalue weighted by atomic mass is 35.5. The number of nitrogens with one attached hydrogen (secondary N) is 1. The van der Waals surface area contributed by atoms with Gasteiger partial charge in [-0.25, -0.2) is 4.68 Å². The summed E-state index contributed by atoms with van der Waals surface area (Å²) in [5, 5.41) is 7.66. The van der Waals surface area contributed by atoms with Gasteiger partial charge in [0.2, 0.25) is 0 Å². The number of amides is 1. The normalized spacial score (nSPS) is 10.3. The summed E-state index contributed by atoms with van der Waals surface area (Å²) in [5.41, 5.74) is 0. The van der Waals surface area contributed by atoms with E-state index < -0.39 is 0 Å². The summed E-state index contributed by atoms with van der Waals surface area (Å²) in [4.78, 5) is 11.8. The number of nitrogens with zero attached hydrogens (tertiary/aromatic N) is 2. The highest BCUT2D eigenvalue weighted by molar-refractivity contribution is 6.34. The quantitative estimate of drug-likeness (QED) is 0.922. The van der Waals surface area contributed by atoms with E-state index in [9.17, 15) is 4.79 Å². The van der Waals surface area contributed by atoms with E-state index in [-0.39, 0.29) is 12.5 Å². The van der Waals surface area contributed by atoms with Gasteiger partial charge < -0.3 is 10.1 Å². The Morgan fingerprint density at radius 2 is 2.20 bits per heavy atom. The molecule has 0 radical (unpaired) electrons. The number of aromatic nitrogens is 2. The molecule has 1 aromatic carbocycles. The zero-order chi connectivity index (χ0) is 14.5. The molecule has 0 aliphatic rings. The van der Waals surface area contributed by atoms with Gasteiger partial charge >= 0.3 is 0 Å². The average molecular weight is 314 g/mol. The minimum Gasteiger partial charge on any atom is -0.482 e. The van der Waals surface area contributed by atoms with Gasteiger partial charge in [0.05, 0.1) is 11.2 Å². The van der Waals surface area contributed by atoms with E-state index in [1.807, 2.05) is 6.92 Å². The van der Waals surface area contributed by atoms with Gasteiger partial charge in [-0.05, 0) is 19.1 Å². The van der Waals surface area contributed by atoms with Crippen LogP contribution in [0.4, 0.5) is 5.82 Å². The van der Waals surface area contributed by atoms with E-state index in [1.165, 1.54) is 0 Å². The van der Waals surface area contributed by atoms with Crippen molar-refractivity contribution in [2.75, 3.05) is 11.9 Å². The number of ether oxygens (including phenoxy) is 1.